The average molecular weight is 273 g/mol. The molecule has 2 rings (SSSR count). The van der Waals surface area contributed by atoms with Crippen molar-refractivity contribution < 1.29 is 9.90 Å². The van der Waals surface area contributed by atoms with Crippen molar-refractivity contribution in [2.75, 3.05) is 13.1 Å². The van der Waals surface area contributed by atoms with E-state index in [0.29, 0.717) is 5.82 Å². The monoisotopic (exact) mass is 272 g/mol. The molecule has 0 unspecified atom stereocenters. The van der Waals surface area contributed by atoms with Gasteiger partial charge in [-0.3, -0.25) is 4.79 Å². The van der Waals surface area contributed by atoms with Crippen LogP contribution in [-0.2, 0) is 11.8 Å². The number of hydrogen-bond donors (Lipinski definition) is 2. The van der Waals surface area contributed by atoms with E-state index >= 15 is 0 Å². The molecule has 1 saturated heterocycles. The summed E-state index contributed by atoms with van der Waals surface area (Å²) in [4.78, 5) is 20.3. The van der Waals surface area contributed by atoms with Gasteiger partial charge in [-0.15, -0.1) is 0 Å². The minimum Gasteiger partial charge on any atom is -0.383 e. The highest BCUT2D eigenvalue weighted by molar-refractivity contribution is 6.15. The maximum atomic E-state index is 12.2. The van der Waals surface area contributed by atoms with Crippen LogP contribution in [0.15, 0.2) is 12.4 Å². The van der Waals surface area contributed by atoms with E-state index in [9.17, 15) is 9.90 Å². The van der Waals surface area contributed by atoms with Crippen molar-refractivity contribution >= 4 is 17.7 Å². The fourth-order valence-corrected chi connectivity index (χ4v) is 2.40. The Bertz CT molecular complexity index is 417. The summed E-state index contributed by atoms with van der Waals surface area (Å²) in [5.41, 5.74) is 0. The third kappa shape index (κ3) is 2.50. The molecular weight excluding hydrogens is 256 g/mol. The molecule has 0 spiro atoms. The van der Waals surface area contributed by atoms with Crippen molar-refractivity contribution in [1.82, 2.24) is 19.3 Å². The number of hydrogen-bond acceptors (Lipinski definition) is 4. The van der Waals surface area contributed by atoms with Crippen LogP contribution in [0, 0.1) is 0 Å². The normalized spacial score (nSPS) is 18.9. The van der Waals surface area contributed by atoms with E-state index in [2.05, 4.69) is 9.82 Å². The molecule has 18 heavy (non-hydrogen) atoms. The van der Waals surface area contributed by atoms with Crippen molar-refractivity contribution in [1.29, 1.82) is 0 Å². The molecule has 1 aliphatic rings. The second-order valence-electron chi connectivity index (χ2n) is 4.46. The molecule has 1 fully saturated rings. The number of halogens is 1. The molecular formula is C11H17ClN4O2. The molecule has 7 heteroatoms. The molecule has 1 amide bonds. The van der Waals surface area contributed by atoms with Crippen LogP contribution < -0.4 is 4.84 Å². The van der Waals surface area contributed by atoms with Gasteiger partial charge in [-0.25, -0.2) is 9.82 Å². The summed E-state index contributed by atoms with van der Waals surface area (Å²) in [6, 6.07) is -0.870. The maximum absolute atomic E-state index is 12.2. The van der Waals surface area contributed by atoms with E-state index < -0.39 is 12.1 Å². The Balaban J connectivity index is 2.12. The Morgan fingerprint density at radius 1 is 1.56 bits per heavy atom. The SMILES string of the molecule is Cn1ccnc1[C@H](O)[C@@H](NCl)C(=O)N1CCCC1. The second kappa shape index (κ2) is 5.69. The fourth-order valence-electron chi connectivity index (χ4n) is 2.19. The van der Waals surface area contributed by atoms with Crippen LogP contribution in [-0.4, -0.2) is 44.6 Å². The lowest BCUT2D eigenvalue weighted by atomic mass is 10.1. The lowest BCUT2D eigenvalue weighted by Gasteiger charge is -2.25. The molecule has 1 aromatic heterocycles. The van der Waals surface area contributed by atoms with E-state index in [1.54, 1.807) is 28.9 Å². The van der Waals surface area contributed by atoms with Crippen LogP contribution in [0.5, 0.6) is 0 Å². The molecule has 6 nitrogen and oxygen atoms in total. The van der Waals surface area contributed by atoms with E-state index in [1.165, 1.54) is 0 Å². The Hall–Kier alpha value is -1.11. The van der Waals surface area contributed by atoms with Crippen molar-refractivity contribution in [3.05, 3.63) is 18.2 Å². The van der Waals surface area contributed by atoms with Gasteiger partial charge in [0.25, 0.3) is 0 Å². The van der Waals surface area contributed by atoms with Crippen molar-refractivity contribution in [2.24, 2.45) is 7.05 Å². The van der Waals surface area contributed by atoms with Crippen LogP contribution >= 0.6 is 11.8 Å². The third-order valence-electron chi connectivity index (χ3n) is 3.24. The van der Waals surface area contributed by atoms with Gasteiger partial charge in [0, 0.05) is 32.5 Å². The number of rotatable bonds is 4. The topological polar surface area (TPSA) is 70.4 Å². The molecule has 1 aromatic rings. The quantitative estimate of drug-likeness (QED) is 0.768. The Labute approximate surface area is 111 Å². The summed E-state index contributed by atoms with van der Waals surface area (Å²) in [5.74, 6) is 0.235. The number of carbonyl (C=O) groups excluding carboxylic acids is 1. The van der Waals surface area contributed by atoms with E-state index in [0.717, 1.165) is 25.9 Å². The fraction of sp³-hybridized carbons (Fsp3) is 0.636. The first-order chi connectivity index (χ1) is 8.65. The lowest BCUT2D eigenvalue weighted by molar-refractivity contribution is -0.134. The van der Waals surface area contributed by atoms with Gasteiger partial charge in [-0.05, 0) is 24.6 Å². The van der Waals surface area contributed by atoms with E-state index in [-0.39, 0.29) is 5.91 Å². The van der Waals surface area contributed by atoms with Gasteiger partial charge in [0.1, 0.15) is 18.0 Å². The summed E-state index contributed by atoms with van der Waals surface area (Å²) >= 11 is 5.61. The van der Waals surface area contributed by atoms with Crippen LogP contribution in [0.1, 0.15) is 24.8 Å². The van der Waals surface area contributed by atoms with E-state index in [1.807, 2.05) is 0 Å². The third-order valence-corrected chi connectivity index (χ3v) is 3.48. The van der Waals surface area contributed by atoms with Crippen LogP contribution in [0.25, 0.3) is 0 Å². The van der Waals surface area contributed by atoms with Gasteiger partial charge in [-0.1, -0.05) is 0 Å². The zero-order valence-electron chi connectivity index (χ0n) is 10.2. The predicted molar refractivity (Wildman–Crippen MR) is 66.8 cm³/mol. The highest BCUT2D eigenvalue weighted by atomic mass is 35.5. The molecule has 0 saturated carbocycles. The van der Waals surface area contributed by atoms with Crippen molar-refractivity contribution in [2.45, 2.75) is 25.0 Å². The van der Waals surface area contributed by atoms with Crippen LogP contribution in [0.2, 0.25) is 0 Å². The van der Waals surface area contributed by atoms with Gasteiger partial charge in [0.2, 0.25) is 5.91 Å². The Morgan fingerprint density at radius 2 is 2.22 bits per heavy atom. The minimum atomic E-state index is -1.06. The first kappa shape index (κ1) is 13.3. The Kier molecular flexibility index (Phi) is 4.21. The number of aryl methyl sites for hydroxylation is 1. The smallest absolute Gasteiger partial charge is 0.244 e. The number of nitrogens with one attached hydrogen (secondary N) is 1. The van der Waals surface area contributed by atoms with Crippen molar-refractivity contribution in [3.8, 4) is 0 Å². The first-order valence-electron chi connectivity index (χ1n) is 5.95. The van der Waals surface area contributed by atoms with Crippen molar-refractivity contribution in [3.63, 3.8) is 0 Å². The summed E-state index contributed by atoms with van der Waals surface area (Å²) in [6.45, 7) is 1.45. The maximum Gasteiger partial charge on any atom is 0.244 e. The molecule has 2 N–H and O–H groups in total. The van der Waals surface area contributed by atoms with E-state index in [4.69, 9.17) is 11.8 Å². The van der Waals surface area contributed by atoms with Crippen LogP contribution in [0.4, 0.5) is 0 Å². The summed E-state index contributed by atoms with van der Waals surface area (Å²) in [7, 11) is 1.76. The van der Waals surface area contributed by atoms with Gasteiger partial charge in [0.05, 0.1) is 0 Å². The molecule has 0 radical (unpaired) electrons. The van der Waals surface area contributed by atoms with Crippen LogP contribution in [0.3, 0.4) is 0 Å². The molecule has 100 valence electrons. The number of likely N-dealkylation sites (tertiary alicyclic amines) is 1. The zero-order chi connectivity index (χ0) is 13.1. The zero-order valence-corrected chi connectivity index (χ0v) is 11.0. The number of aliphatic hydroxyl groups is 1. The minimum absolute atomic E-state index is 0.182. The summed E-state index contributed by atoms with van der Waals surface area (Å²) < 4.78 is 1.67. The molecule has 0 aromatic carbocycles. The number of aliphatic hydroxyl groups excluding tert-OH is 1. The molecule has 2 atom stereocenters. The largest absolute Gasteiger partial charge is 0.383 e. The number of aromatic nitrogens is 2. The molecule has 2 heterocycles. The number of nitrogens with zero attached hydrogens (tertiary/aromatic N) is 3. The second-order valence-corrected chi connectivity index (χ2v) is 4.68. The van der Waals surface area contributed by atoms with Gasteiger partial charge < -0.3 is 14.6 Å². The first-order valence-corrected chi connectivity index (χ1v) is 6.33. The number of amides is 1. The molecule has 1 aliphatic heterocycles. The highest BCUT2D eigenvalue weighted by Gasteiger charge is 2.34. The van der Waals surface area contributed by atoms with Gasteiger partial charge in [-0.2, -0.15) is 0 Å². The molecule has 0 bridgehead atoms. The highest BCUT2D eigenvalue weighted by Crippen LogP contribution is 2.19. The Morgan fingerprint density at radius 3 is 2.72 bits per heavy atom. The van der Waals surface area contributed by atoms with Gasteiger partial charge in [0.15, 0.2) is 0 Å². The number of imidazole rings is 1. The molecule has 0 aliphatic carbocycles. The predicted octanol–water partition coefficient (Wildman–Crippen LogP) is 0.188. The summed E-state index contributed by atoms with van der Waals surface area (Å²) in [6.07, 6.45) is 4.22. The standard InChI is InChI=1S/C11H17ClN4O2/c1-15-7-4-13-10(15)9(17)8(14-12)11(18)16-5-2-3-6-16/h4,7-9,14,17H,2-3,5-6H2,1H3/t8-,9-/m1/s1. The number of carbonyl (C=O) groups is 1. The lowest BCUT2D eigenvalue weighted by Crippen LogP contribution is -2.46. The average Bonchev–Trinajstić information content (AvgIpc) is 2.99. The van der Waals surface area contributed by atoms with Gasteiger partial charge >= 0.3 is 0 Å². The summed E-state index contributed by atoms with van der Waals surface area (Å²) in [5, 5.41) is 10.2.